The number of aliphatic hydroxyl groups excluding tert-OH is 1. The van der Waals surface area contributed by atoms with Crippen molar-refractivity contribution in [3.8, 4) is 0 Å². The first-order chi connectivity index (χ1) is 10.9. The molecule has 1 rings (SSSR count). The maximum Gasteiger partial charge on any atom is 0.320 e. The maximum absolute atomic E-state index is 10.9. The fraction of sp³-hybridized carbons (Fsp3) is 0.500. The molecule has 1 aromatic carbocycles. The fourth-order valence-electron chi connectivity index (χ4n) is 2.17. The molecule has 8 nitrogen and oxygen atoms in total. The Balaban J connectivity index is 3.07. The monoisotopic (exact) mass is 345 g/mol. The highest BCUT2D eigenvalue weighted by molar-refractivity contribution is 6.18. The Kier molecular flexibility index (Phi) is 7.90. The van der Waals surface area contributed by atoms with Crippen molar-refractivity contribution < 1.29 is 19.9 Å². The highest BCUT2D eigenvalue weighted by Gasteiger charge is 2.18. The number of rotatable bonds is 10. The van der Waals surface area contributed by atoms with Crippen LogP contribution in [-0.2, 0) is 17.8 Å². The van der Waals surface area contributed by atoms with Gasteiger partial charge in [-0.3, -0.25) is 19.8 Å². The number of nitro benzene ring substituents is 1. The van der Waals surface area contributed by atoms with Crippen molar-refractivity contribution in [1.82, 2.24) is 4.90 Å². The van der Waals surface area contributed by atoms with E-state index in [0.717, 1.165) is 5.56 Å². The largest absolute Gasteiger partial charge is 0.480 e. The van der Waals surface area contributed by atoms with Crippen molar-refractivity contribution in [2.24, 2.45) is 5.73 Å². The number of hydrogen-bond acceptors (Lipinski definition) is 6. The van der Waals surface area contributed by atoms with Gasteiger partial charge in [-0.2, -0.15) is 0 Å². The molecule has 0 aliphatic heterocycles. The molecule has 0 aliphatic rings. The van der Waals surface area contributed by atoms with Crippen molar-refractivity contribution in [2.75, 3.05) is 25.6 Å². The molecule has 0 spiro atoms. The van der Waals surface area contributed by atoms with Crippen molar-refractivity contribution in [1.29, 1.82) is 0 Å². The molecular weight excluding hydrogens is 326 g/mol. The van der Waals surface area contributed by atoms with Crippen molar-refractivity contribution in [2.45, 2.75) is 19.0 Å². The summed E-state index contributed by atoms with van der Waals surface area (Å²) in [5, 5.41) is 28.9. The lowest BCUT2D eigenvalue weighted by Gasteiger charge is -2.22. The van der Waals surface area contributed by atoms with Crippen molar-refractivity contribution in [3.63, 3.8) is 0 Å². The van der Waals surface area contributed by atoms with Gasteiger partial charge in [0.1, 0.15) is 6.04 Å². The zero-order chi connectivity index (χ0) is 17.4. The second-order valence-corrected chi connectivity index (χ2v) is 5.43. The third-order valence-corrected chi connectivity index (χ3v) is 3.54. The van der Waals surface area contributed by atoms with Crippen LogP contribution in [-0.4, -0.2) is 57.6 Å². The third-order valence-electron chi connectivity index (χ3n) is 3.37. The Morgan fingerprint density at radius 3 is 2.61 bits per heavy atom. The Hall–Kier alpha value is -1.74. The van der Waals surface area contributed by atoms with E-state index in [0.29, 0.717) is 31.1 Å². The highest BCUT2D eigenvalue weighted by atomic mass is 35.5. The second kappa shape index (κ2) is 9.41. The van der Waals surface area contributed by atoms with Gasteiger partial charge >= 0.3 is 5.97 Å². The predicted molar refractivity (Wildman–Crippen MR) is 85.5 cm³/mol. The summed E-state index contributed by atoms with van der Waals surface area (Å²) < 4.78 is 0. The van der Waals surface area contributed by atoms with Gasteiger partial charge in [0.15, 0.2) is 0 Å². The van der Waals surface area contributed by atoms with Crippen LogP contribution in [0.5, 0.6) is 0 Å². The third kappa shape index (κ3) is 6.11. The maximum atomic E-state index is 10.9. The SMILES string of the molecule is NC(Cc1cc([N+](=O)[O-])ccc1CN(CCO)CCCl)C(=O)O. The Bertz CT molecular complexity index is 549. The van der Waals surface area contributed by atoms with Gasteiger partial charge in [0.2, 0.25) is 0 Å². The van der Waals surface area contributed by atoms with Gasteiger partial charge in [-0.25, -0.2) is 0 Å². The molecule has 4 N–H and O–H groups in total. The number of nitrogens with zero attached hydrogens (tertiary/aromatic N) is 2. The molecule has 128 valence electrons. The van der Waals surface area contributed by atoms with Crippen LogP contribution >= 0.6 is 11.6 Å². The topological polar surface area (TPSA) is 130 Å². The number of alkyl halides is 1. The average molecular weight is 346 g/mol. The van der Waals surface area contributed by atoms with Crippen molar-refractivity contribution in [3.05, 3.63) is 39.4 Å². The molecule has 0 saturated carbocycles. The first-order valence-electron chi connectivity index (χ1n) is 7.02. The lowest BCUT2D eigenvalue weighted by Crippen LogP contribution is -2.33. The summed E-state index contributed by atoms with van der Waals surface area (Å²) in [6.07, 6.45) is -0.0137. The summed E-state index contributed by atoms with van der Waals surface area (Å²) in [4.78, 5) is 23.2. The van der Waals surface area contributed by atoms with Crippen LogP contribution in [0, 0.1) is 10.1 Å². The summed E-state index contributed by atoms with van der Waals surface area (Å²) in [6.45, 7) is 1.28. The molecular formula is C14H20ClN3O5. The lowest BCUT2D eigenvalue weighted by atomic mass is 9.99. The van der Waals surface area contributed by atoms with E-state index in [9.17, 15) is 14.9 Å². The smallest absolute Gasteiger partial charge is 0.320 e. The zero-order valence-corrected chi connectivity index (χ0v) is 13.3. The quantitative estimate of drug-likeness (QED) is 0.321. The molecule has 1 unspecified atom stereocenters. The molecule has 0 aromatic heterocycles. The van der Waals surface area contributed by atoms with Crippen LogP contribution in [0.4, 0.5) is 5.69 Å². The van der Waals surface area contributed by atoms with E-state index in [1.807, 2.05) is 4.90 Å². The molecule has 0 fully saturated rings. The number of carboxylic acid groups (broad SMARTS) is 1. The number of hydrogen-bond donors (Lipinski definition) is 3. The van der Waals surface area contributed by atoms with Gasteiger partial charge < -0.3 is 15.9 Å². The number of aliphatic hydroxyl groups is 1. The second-order valence-electron chi connectivity index (χ2n) is 5.05. The number of halogens is 1. The highest BCUT2D eigenvalue weighted by Crippen LogP contribution is 2.21. The van der Waals surface area contributed by atoms with Crippen LogP contribution in [0.1, 0.15) is 11.1 Å². The minimum atomic E-state index is -1.17. The van der Waals surface area contributed by atoms with Gasteiger partial charge in [-0.05, 0) is 17.5 Å². The number of non-ortho nitro benzene ring substituents is 1. The number of aliphatic carboxylic acids is 1. The van der Waals surface area contributed by atoms with E-state index in [4.69, 9.17) is 27.5 Å². The average Bonchev–Trinajstić information content (AvgIpc) is 2.49. The molecule has 1 aromatic rings. The molecule has 0 heterocycles. The standard InChI is InChI=1S/C14H20ClN3O5/c15-3-4-17(5-6-19)9-10-1-2-12(18(22)23)7-11(10)8-13(16)14(20)21/h1-2,7,13,19H,3-6,8-9,16H2,(H,20,21). The summed E-state index contributed by atoms with van der Waals surface area (Å²) in [7, 11) is 0. The zero-order valence-electron chi connectivity index (χ0n) is 12.5. The normalized spacial score (nSPS) is 12.3. The Morgan fingerprint density at radius 1 is 1.39 bits per heavy atom. The molecule has 23 heavy (non-hydrogen) atoms. The van der Waals surface area contributed by atoms with Crippen LogP contribution in [0.15, 0.2) is 18.2 Å². The molecule has 1 atom stereocenters. The van der Waals surface area contributed by atoms with E-state index < -0.39 is 16.9 Å². The molecule has 0 saturated heterocycles. The van der Waals surface area contributed by atoms with Crippen LogP contribution in [0.2, 0.25) is 0 Å². The van der Waals surface area contributed by atoms with E-state index in [2.05, 4.69) is 0 Å². The lowest BCUT2D eigenvalue weighted by molar-refractivity contribution is -0.384. The number of carbonyl (C=O) groups is 1. The number of carboxylic acids is 1. The van der Waals surface area contributed by atoms with Crippen LogP contribution in [0.3, 0.4) is 0 Å². The summed E-state index contributed by atoms with van der Waals surface area (Å²) in [5.74, 6) is -0.799. The van der Waals surface area contributed by atoms with Gasteiger partial charge in [-0.1, -0.05) is 6.07 Å². The fourth-order valence-corrected chi connectivity index (χ4v) is 2.41. The first kappa shape index (κ1) is 19.3. The van der Waals surface area contributed by atoms with Gasteiger partial charge in [0, 0.05) is 37.6 Å². The molecule has 0 aliphatic carbocycles. The van der Waals surface area contributed by atoms with Crippen LogP contribution in [0.25, 0.3) is 0 Å². The summed E-state index contributed by atoms with van der Waals surface area (Å²) in [6, 6.07) is 3.15. The van der Waals surface area contributed by atoms with Gasteiger partial charge in [0.05, 0.1) is 11.5 Å². The molecule has 0 radical (unpaired) electrons. The number of nitro groups is 1. The minimum absolute atomic E-state index is 0.0137. The first-order valence-corrected chi connectivity index (χ1v) is 7.56. The van der Waals surface area contributed by atoms with Gasteiger partial charge in [0.25, 0.3) is 5.69 Å². The number of benzene rings is 1. The van der Waals surface area contributed by atoms with Crippen LogP contribution < -0.4 is 5.73 Å². The van der Waals surface area contributed by atoms with E-state index in [-0.39, 0.29) is 18.7 Å². The van der Waals surface area contributed by atoms with Gasteiger partial charge in [-0.15, -0.1) is 11.6 Å². The summed E-state index contributed by atoms with van der Waals surface area (Å²) in [5.41, 5.74) is 6.66. The Labute approximate surface area is 138 Å². The molecule has 0 bridgehead atoms. The summed E-state index contributed by atoms with van der Waals surface area (Å²) >= 11 is 5.72. The molecule has 9 heteroatoms. The van der Waals surface area contributed by atoms with E-state index >= 15 is 0 Å². The number of nitrogens with two attached hydrogens (primary N) is 1. The van der Waals surface area contributed by atoms with E-state index in [1.54, 1.807) is 6.07 Å². The molecule has 0 amide bonds. The van der Waals surface area contributed by atoms with Crippen molar-refractivity contribution >= 4 is 23.3 Å². The predicted octanol–water partition coefficient (Wildman–Crippen LogP) is 0.582. The minimum Gasteiger partial charge on any atom is -0.480 e. The Morgan fingerprint density at radius 2 is 2.09 bits per heavy atom. The van der Waals surface area contributed by atoms with E-state index in [1.165, 1.54) is 12.1 Å².